The number of benzene rings is 1. The van der Waals surface area contributed by atoms with Crippen molar-refractivity contribution in [3.05, 3.63) is 23.8 Å². The zero-order chi connectivity index (χ0) is 18.3. The molecular formula is C17H26N2O5S. The number of ether oxygens (including phenoxy) is 1. The smallest absolute Gasteiger partial charge is 0.337 e. The van der Waals surface area contributed by atoms with Gasteiger partial charge in [0, 0.05) is 25.4 Å². The third-order valence-electron chi connectivity index (χ3n) is 4.15. The predicted molar refractivity (Wildman–Crippen MR) is 95.6 cm³/mol. The summed E-state index contributed by atoms with van der Waals surface area (Å²) >= 11 is 0. The van der Waals surface area contributed by atoms with Crippen molar-refractivity contribution in [2.75, 3.05) is 25.0 Å². The van der Waals surface area contributed by atoms with E-state index in [1.54, 1.807) is 0 Å². The molecule has 0 aliphatic carbocycles. The van der Waals surface area contributed by atoms with Gasteiger partial charge < -0.3 is 15.2 Å². The van der Waals surface area contributed by atoms with Crippen LogP contribution in [-0.2, 0) is 14.8 Å². The molecule has 1 fully saturated rings. The highest BCUT2D eigenvalue weighted by molar-refractivity contribution is 7.89. The van der Waals surface area contributed by atoms with Gasteiger partial charge in [-0.1, -0.05) is 19.8 Å². The molecule has 140 valence electrons. The van der Waals surface area contributed by atoms with Crippen LogP contribution in [0.1, 0.15) is 49.4 Å². The van der Waals surface area contributed by atoms with Gasteiger partial charge in [-0.3, -0.25) is 0 Å². The normalized spacial score (nSPS) is 17.6. The minimum Gasteiger partial charge on any atom is -0.478 e. The molecule has 0 amide bonds. The quantitative estimate of drug-likeness (QED) is 0.547. The highest BCUT2D eigenvalue weighted by Crippen LogP contribution is 2.21. The van der Waals surface area contributed by atoms with Crippen LogP contribution in [0.25, 0.3) is 0 Å². The van der Waals surface area contributed by atoms with Gasteiger partial charge in [-0.15, -0.1) is 0 Å². The minimum absolute atomic E-state index is 0.0449. The van der Waals surface area contributed by atoms with Crippen molar-refractivity contribution >= 4 is 21.7 Å². The first kappa shape index (κ1) is 19.7. The zero-order valence-corrected chi connectivity index (χ0v) is 15.3. The summed E-state index contributed by atoms with van der Waals surface area (Å²) in [5.41, 5.74) is 0.387. The van der Waals surface area contributed by atoms with E-state index in [0.717, 1.165) is 32.1 Å². The lowest BCUT2D eigenvalue weighted by atomic mass is 10.1. The molecule has 1 aliphatic heterocycles. The van der Waals surface area contributed by atoms with Crippen molar-refractivity contribution in [3.63, 3.8) is 0 Å². The van der Waals surface area contributed by atoms with Gasteiger partial charge in [0.1, 0.15) is 0 Å². The Labute approximate surface area is 148 Å². The molecule has 0 spiro atoms. The summed E-state index contributed by atoms with van der Waals surface area (Å²) in [4.78, 5) is 11.4. The Balaban J connectivity index is 2.09. The van der Waals surface area contributed by atoms with E-state index in [-0.39, 0.29) is 23.1 Å². The number of hydrogen-bond donors (Lipinski definition) is 3. The number of anilines is 1. The van der Waals surface area contributed by atoms with Crippen LogP contribution in [-0.4, -0.2) is 45.3 Å². The zero-order valence-electron chi connectivity index (χ0n) is 14.5. The second kappa shape index (κ2) is 9.17. The van der Waals surface area contributed by atoms with E-state index in [9.17, 15) is 18.3 Å². The standard InChI is InChI=1S/C17H26N2O5S/c1-2-3-4-9-18-16-8-7-14(11-15(16)17(20)21)25(22,23)19-12-13-6-5-10-24-13/h7-8,11,13,18-19H,2-6,9-10,12H2,1H3,(H,20,21)/t13-/m0/s1. The van der Waals surface area contributed by atoms with E-state index in [1.807, 2.05) is 0 Å². The predicted octanol–water partition coefficient (Wildman–Crippen LogP) is 2.44. The molecule has 0 saturated carbocycles. The van der Waals surface area contributed by atoms with Crippen molar-refractivity contribution in [2.45, 2.75) is 50.0 Å². The Kier molecular flexibility index (Phi) is 7.22. The summed E-state index contributed by atoms with van der Waals surface area (Å²) in [6.45, 7) is 3.58. The lowest BCUT2D eigenvalue weighted by Gasteiger charge is -2.14. The van der Waals surface area contributed by atoms with Crippen molar-refractivity contribution in [1.29, 1.82) is 0 Å². The fourth-order valence-electron chi connectivity index (χ4n) is 2.71. The number of unbranched alkanes of at least 4 members (excludes halogenated alkanes) is 2. The highest BCUT2D eigenvalue weighted by atomic mass is 32.2. The molecule has 25 heavy (non-hydrogen) atoms. The van der Waals surface area contributed by atoms with E-state index < -0.39 is 16.0 Å². The molecule has 2 rings (SSSR count). The van der Waals surface area contributed by atoms with Gasteiger partial charge in [-0.25, -0.2) is 17.9 Å². The maximum Gasteiger partial charge on any atom is 0.337 e. The van der Waals surface area contributed by atoms with Gasteiger partial charge >= 0.3 is 5.97 Å². The summed E-state index contributed by atoms with van der Waals surface area (Å²) in [5, 5.41) is 12.5. The van der Waals surface area contributed by atoms with Crippen LogP contribution in [0.15, 0.2) is 23.1 Å². The summed E-state index contributed by atoms with van der Waals surface area (Å²) < 4.78 is 32.7. The Bertz CT molecular complexity index is 684. The van der Waals surface area contributed by atoms with Crippen LogP contribution < -0.4 is 10.0 Å². The van der Waals surface area contributed by atoms with E-state index in [0.29, 0.717) is 18.8 Å². The number of nitrogens with one attached hydrogen (secondary N) is 2. The Morgan fingerprint density at radius 3 is 2.80 bits per heavy atom. The molecule has 7 nitrogen and oxygen atoms in total. The molecule has 1 aromatic rings. The molecule has 8 heteroatoms. The molecule has 0 radical (unpaired) electrons. The first-order valence-corrected chi connectivity index (χ1v) is 10.1. The van der Waals surface area contributed by atoms with Crippen molar-refractivity contribution in [3.8, 4) is 0 Å². The molecule has 0 aromatic heterocycles. The number of aromatic carboxylic acids is 1. The van der Waals surface area contributed by atoms with Crippen LogP contribution in [0.4, 0.5) is 5.69 Å². The number of sulfonamides is 1. The Morgan fingerprint density at radius 1 is 1.36 bits per heavy atom. The molecule has 3 N–H and O–H groups in total. The summed E-state index contributed by atoms with van der Waals surface area (Å²) in [6.07, 6.45) is 4.68. The molecule has 1 saturated heterocycles. The average Bonchev–Trinajstić information content (AvgIpc) is 3.10. The maximum atomic E-state index is 12.4. The maximum absolute atomic E-state index is 12.4. The summed E-state index contributed by atoms with van der Waals surface area (Å²) in [7, 11) is -3.77. The van der Waals surface area contributed by atoms with Gasteiger partial charge in [-0.2, -0.15) is 0 Å². The first-order valence-electron chi connectivity index (χ1n) is 8.66. The number of carboxylic acid groups (broad SMARTS) is 1. The van der Waals surface area contributed by atoms with E-state index >= 15 is 0 Å². The summed E-state index contributed by atoms with van der Waals surface area (Å²) in [6, 6.07) is 4.13. The molecule has 1 aromatic carbocycles. The third kappa shape index (κ3) is 5.69. The SMILES string of the molecule is CCCCCNc1ccc(S(=O)(=O)NC[C@@H]2CCCO2)cc1C(=O)O. The summed E-state index contributed by atoms with van der Waals surface area (Å²) in [5.74, 6) is -1.16. The average molecular weight is 370 g/mol. The van der Waals surface area contributed by atoms with Crippen molar-refractivity contribution < 1.29 is 23.1 Å². The first-order chi connectivity index (χ1) is 11.9. The topological polar surface area (TPSA) is 105 Å². The van der Waals surface area contributed by atoms with Gasteiger partial charge in [0.2, 0.25) is 10.0 Å². The van der Waals surface area contributed by atoms with E-state index in [2.05, 4.69) is 17.0 Å². The molecule has 1 atom stereocenters. The highest BCUT2D eigenvalue weighted by Gasteiger charge is 2.22. The number of rotatable bonds is 10. The van der Waals surface area contributed by atoms with Crippen LogP contribution in [0.3, 0.4) is 0 Å². The molecule has 1 heterocycles. The Morgan fingerprint density at radius 2 is 2.16 bits per heavy atom. The monoisotopic (exact) mass is 370 g/mol. The third-order valence-corrected chi connectivity index (χ3v) is 5.57. The van der Waals surface area contributed by atoms with Gasteiger partial charge in [0.15, 0.2) is 0 Å². The molecule has 0 unspecified atom stereocenters. The lowest BCUT2D eigenvalue weighted by molar-refractivity contribution is 0.0697. The molecule has 1 aliphatic rings. The van der Waals surface area contributed by atoms with E-state index in [1.165, 1.54) is 18.2 Å². The Hall–Kier alpha value is -1.64. The van der Waals surface area contributed by atoms with Crippen LogP contribution >= 0.6 is 0 Å². The lowest BCUT2D eigenvalue weighted by Crippen LogP contribution is -2.32. The van der Waals surface area contributed by atoms with Crippen LogP contribution in [0.5, 0.6) is 0 Å². The fourth-order valence-corrected chi connectivity index (χ4v) is 3.80. The fraction of sp³-hybridized carbons (Fsp3) is 0.588. The van der Waals surface area contributed by atoms with Crippen LogP contribution in [0.2, 0.25) is 0 Å². The minimum atomic E-state index is -3.77. The largest absolute Gasteiger partial charge is 0.478 e. The van der Waals surface area contributed by atoms with Gasteiger partial charge in [-0.05, 0) is 37.5 Å². The van der Waals surface area contributed by atoms with Gasteiger partial charge in [0.05, 0.1) is 16.6 Å². The second-order valence-corrected chi connectivity index (χ2v) is 7.90. The van der Waals surface area contributed by atoms with E-state index in [4.69, 9.17) is 4.74 Å². The number of carbonyl (C=O) groups is 1. The van der Waals surface area contributed by atoms with Crippen molar-refractivity contribution in [2.24, 2.45) is 0 Å². The second-order valence-electron chi connectivity index (χ2n) is 6.13. The molecular weight excluding hydrogens is 344 g/mol. The number of carboxylic acids is 1. The molecule has 0 bridgehead atoms. The van der Waals surface area contributed by atoms with Gasteiger partial charge in [0.25, 0.3) is 0 Å². The van der Waals surface area contributed by atoms with Crippen LogP contribution in [0, 0.1) is 0 Å². The number of hydrogen-bond acceptors (Lipinski definition) is 5. The van der Waals surface area contributed by atoms with Crippen molar-refractivity contribution in [1.82, 2.24) is 4.72 Å².